The zero-order valence-corrected chi connectivity index (χ0v) is 8.60. The topological polar surface area (TPSA) is 24.9 Å². The highest BCUT2D eigenvalue weighted by atomic mass is 35.5. The first-order chi connectivity index (χ1) is 5.86. The molecule has 0 spiro atoms. The molecule has 0 saturated carbocycles. The van der Waals surface area contributed by atoms with E-state index in [1.165, 1.54) is 18.4 Å². The van der Waals surface area contributed by atoms with Crippen molar-refractivity contribution in [3.8, 4) is 0 Å². The van der Waals surface area contributed by atoms with Crippen LogP contribution in [0.2, 0.25) is 0 Å². The molecule has 1 saturated heterocycles. The molecule has 1 fully saturated rings. The number of nitrogens with one attached hydrogen (secondary N) is 1. The lowest BCUT2D eigenvalue weighted by molar-refractivity contribution is 0.644. The van der Waals surface area contributed by atoms with Crippen LogP contribution in [-0.4, -0.2) is 11.5 Å². The Bertz CT molecular complexity index is 252. The molecule has 1 atom stereocenters. The number of aromatic nitrogens is 1. The van der Waals surface area contributed by atoms with Crippen LogP contribution in [0.5, 0.6) is 0 Å². The number of hydrogen-bond donors (Lipinski definition) is 1. The molecule has 0 aliphatic carbocycles. The van der Waals surface area contributed by atoms with E-state index in [1.54, 1.807) is 0 Å². The number of hydrogen-bond acceptors (Lipinski definition) is 2. The van der Waals surface area contributed by atoms with Gasteiger partial charge >= 0.3 is 0 Å². The molecule has 0 bridgehead atoms. The van der Waals surface area contributed by atoms with Crippen molar-refractivity contribution < 1.29 is 0 Å². The van der Waals surface area contributed by atoms with Crippen LogP contribution in [0.4, 0.5) is 0 Å². The van der Waals surface area contributed by atoms with E-state index in [0.29, 0.717) is 6.04 Å². The minimum atomic E-state index is 0. The summed E-state index contributed by atoms with van der Waals surface area (Å²) in [6, 6.07) is 4.80. The molecule has 1 N–H and O–H groups in total. The van der Waals surface area contributed by atoms with Gasteiger partial charge < -0.3 is 5.32 Å². The van der Waals surface area contributed by atoms with Gasteiger partial charge in [0, 0.05) is 17.9 Å². The molecule has 0 radical (unpaired) electrons. The van der Waals surface area contributed by atoms with Crippen LogP contribution in [-0.2, 0) is 0 Å². The predicted molar refractivity (Wildman–Crippen MR) is 56.2 cm³/mol. The average molecular weight is 199 g/mol. The van der Waals surface area contributed by atoms with E-state index in [0.717, 1.165) is 12.2 Å². The molecule has 0 unspecified atom stereocenters. The fraction of sp³-hybridized carbons (Fsp3) is 0.500. The Morgan fingerprint density at radius 2 is 2.31 bits per heavy atom. The first kappa shape index (κ1) is 10.5. The third-order valence-electron chi connectivity index (χ3n) is 2.40. The van der Waals surface area contributed by atoms with Gasteiger partial charge in [-0.25, -0.2) is 0 Å². The summed E-state index contributed by atoms with van der Waals surface area (Å²) >= 11 is 0. The van der Waals surface area contributed by atoms with Crippen molar-refractivity contribution in [2.45, 2.75) is 25.8 Å². The normalized spacial score (nSPS) is 21.2. The van der Waals surface area contributed by atoms with Crippen LogP contribution in [0.25, 0.3) is 0 Å². The zero-order valence-electron chi connectivity index (χ0n) is 7.79. The monoisotopic (exact) mass is 198 g/mol. The number of rotatable bonds is 1. The maximum absolute atomic E-state index is 4.28. The summed E-state index contributed by atoms with van der Waals surface area (Å²) in [6.07, 6.45) is 4.53. The lowest BCUT2D eigenvalue weighted by Gasteiger charge is -2.09. The number of aryl methyl sites for hydroxylation is 1. The molecule has 2 nitrogen and oxygen atoms in total. The first-order valence-corrected chi connectivity index (χ1v) is 4.52. The maximum atomic E-state index is 4.28. The van der Waals surface area contributed by atoms with Crippen molar-refractivity contribution in [2.24, 2.45) is 0 Å². The Hall–Kier alpha value is -0.600. The van der Waals surface area contributed by atoms with Crippen LogP contribution in [0, 0.1) is 6.92 Å². The Kier molecular flexibility index (Phi) is 3.70. The van der Waals surface area contributed by atoms with E-state index in [9.17, 15) is 0 Å². The maximum Gasteiger partial charge on any atom is 0.0372 e. The number of pyridine rings is 1. The van der Waals surface area contributed by atoms with E-state index in [4.69, 9.17) is 0 Å². The largest absolute Gasteiger partial charge is 0.310 e. The molecule has 0 aromatic carbocycles. The fourth-order valence-corrected chi connectivity index (χ4v) is 1.65. The lowest BCUT2D eigenvalue weighted by Crippen LogP contribution is -2.12. The van der Waals surface area contributed by atoms with Crippen LogP contribution in [0.15, 0.2) is 18.3 Å². The van der Waals surface area contributed by atoms with E-state index >= 15 is 0 Å². The van der Waals surface area contributed by atoms with Gasteiger partial charge in [-0.05, 0) is 37.9 Å². The highest BCUT2D eigenvalue weighted by Gasteiger charge is 2.15. The average Bonchev–Trinajstić information content (AvgIpc) is 2.58. The molecule has 2 rings (SSSR count). The minimum Gasteiger partial charge on any atom is -0.310 e. The second-order valence-corrected chi connectivity index (χ2v) is 3.38. The molecule has 2 heterocycles. The van der Waals surface area contributed by atoms with Crippen molar-refractivity contribution in [3.63, 3.8) is 0 Å². The summed E-state index contributed by atoms with van der Waals surface area (Å²) in [6.45, 7) is 3.17. The fourth-order valence-electron chi connectivity index (χ4n) is 1.65. The summed E-state index contributed by atoms with van der Waals surface area (Å²) in [7, 11) is 0. The molecule has 1 aromatic heterocycles. The minimum absolute atomic E-state index is 0. The van der Waals surface area contributed by atoms with E-state index in [-0.39, 0.29) is 12.4 Å². The molecular weight excluding hydrogens is 184 g/mol. The standard InChI is InChI=1S/C10H14N2.ClH/c1-8-4-5-9(7-12-8)10-3-2-6-11-10;/h4-5,7,10-11H,2-3,6H2,1H3;1H/t10-;/m1./s1. The summed E-state index contributed by atoms with van der Waals surface area (Å²) < 4.78 is 0. The van der Waals surface area contributed by atoms with Gasteiger partial charge in [0.05, 0.1) is 0 Å². The summed E-state index contributed by atoms with van der Waals surface area (Å²) in [4.78, 5) is 4.28. The Labute approximate surface area is 85.2 Å². The highest BCUT2D eigenvalue weighted by molar-refractivity contribution is 5.85. The van der Waals surface area contributed by atoms with Gasteiger partial charge in [-0.15, -0.1) is 12.4 Å². The molecule has 13 heavy (non-hydrogen) atoms. The van der Waals surface area contributed by atoms with Crippen molar-refractivity contribution >= 4 is 12.4 Å². The van der Waals surface area contributed by atoms with Gasteiger partial charge in [-0.1, -0.05) is 6.07 Å². The molecule has 1 aromatic rings. The van der Waals surface area contributed by atoms with Crippen LogP contribution < -0.4 is 5.32 Å². The Morgan fingerprint density at radius 3 is 2.85 bits per heavy atom. The smallest absolute Gasteiger partial charge is 0.0372 e. The summed E-state index contributed by atoms with van der Waals surface area (Å²) in [5, 5.41) is 3.45. The number of halogens is 1. The van der Waals surface area contributed by atoms with Gasteiger partial charge in [0.1, 0.15) is 0 Å². The molecule has 0 amide bonds. The van der Waals surface area contributed by atoms with Gasteiger partial charge in [0.25, 0.3) is 0 Å². The molecule has 3 heteroatoms. The Morgan fingerprint density at radius 1 is 1.46 bits per heavy atom. The predicted octanol–water partition coefficient (Wildman–Crippen LogP) is 2.24. The highest BCUT2D eigenvalue weighted by Crippen LogP contribution is 2.21. The summed E-state index contributed by atoms with van der Waals surface area (Å²) in [5.41, 5.74) is 2.43. The van der Waals surface area contributed by atoms with Crippen molar-refractivity contribution in [3.05, 3.63) is 29.6 Å². The zero-order chi connectivity index (χ0) is 8.39. The van der Waals surface area contributed by atoms with Crippen LogP contribution in [0.3, 0.4) is 0 Å². The Balaban J connectivity index is 0.000000845. The van der Waals surface area contributed by atoms with Crippen LogP contribution >= 0.6 is 12.4 Å². The summed E-state index contributed by atoms with van der Waals surface area (Å²) in [5.74, 6) is 0. The quantitative estimate of drug-likeness (QED) is 0.749. The lowest BCUT2D eigenvalue weighted by atomic mass is 10.1. The molecule has 1 aliphatic rings. The molecule has 1 aliphatic heterocycles. The van der Waals surface area contributed by atoms with Crippen LogP contribution in [0.1, 0.15) is 30.1 Å². The van der Waals surface area contributed by atoms with E-state index < -0.39 is 0 Å². The van der Waals surface area contributed by atoms with Crippen molar-refractivity contribution in [2.75, 3.05) is 6.54 Å². The van der Waals surface area contributed by atoms with E-state index in [1.807, 2.05) is 13.1 Å². The molecule has 72 valence electrons. The van der Waals surface area contributed by atoms with Gasteiger partial charge in [0.2, 0.25) is 0 Å². The SMILES string of the molecule is Cc1ccc([C@H]2CCCN2)cn1.Cl. The number of nitrogens with zero attached hydrogens (tertiary/aromatic N) is 1. The van der Waals surface area contributed by atoms with Crippen molar-refractivity contribution in [1.82, 2.24) is 10.3 Å². The van der Waals surface area contributed by atoms with Gasteiger partial charge in [-0.2, -0.15) is 0 Å². The third-order valence-corrected chi connectivity index (χ3v) is 2.40. The second-order valence-electron chi connectivity index (χ2n) is 3.38. The van der Waals surface area contributed by atoms with Gasteiger partial charge in [-0.3, -0.25) is 4.98 Å². The van der Waals surface area contributed by atoms with E-state index in [2.05, 4.69) is 22.4 Å². The molecular formula is C10H15ClN2. The first-order valence-electron chi connectivity index (χ1n) is 4.52. The third kappa shape index (κ3) is 2.42. The second kappa shape index (κ2) is 4.58. The van der Waals surface area contributed by atoms with Crippen molar-refractivity contribution in [1.29, 1.82) is 0 Å². The van der Waals surface area contributed by atoms with Gasteiger partial charge in [0.15, 0.2) is 0 Å².